The minimum absolute atomic E-state index is 0.308. The van der Waals surface area contributed by atoms with Crippen LogP contribution in [-0.4, -0.2) is 47.1 Å². The molecular formula is C20H21ClN6O2. The number of amides is 2. The highest BCUT2D eigenvalue weighted by Gasteiger charge is 2.17. The topological polar surface area (TPSA) is 84.3 Å². The highest BCUT2D eigenvalue weighted by molar-refractivity contribution is 6.31. The minimum atomic E-state index is -0.322. The molecule has 1 saturated heterocycles. The SMILES string of the molecule is O=C(NCc1cccnc1-n1cccn1)Nc1cc(Cl)ccc1N1CCOCC1. The van der Waals surface area contributed by atoms with E-state index in [1.54, 1.807) is 23.1 Å². The van der Waals surface area contributed by atoms with Gasteiger partial charge in [0, 0.05) is 48.8 Å². The van der Waals surface area contributed by atoms with E-state index in [-0.39, 0.29) is 6.03 Å². The molecule has 1 aromatic carbocycles. The fraction of sp³-hybridized carbons (Fsp3) is 0.250. The molecule has 3 aromatic rings. The molecule has 1 fully saturated rings. The van der Waals surface area contributed by atoms with Gasteiger partial charge >= 0.3 is 6.03 Å². The molecule has 1 aliphatic heterocycles. The molecule has 2 aromatic heterocycles. The van der Waals surface area contributed by atoms with Crippen LogP contribution in [0.2, 0.25) is 5.02 Å². The van der Waals surface area contributed by atoms with E-state index >= 15 is 0 Å². The maximum absolute atomic E-state index is 12.6. The Morgan fingerprint density at radius 3 is 2.83 bits per heavy atom. The molecule has 4 rings (SSSR count). The number of halogens is 1. The summed E-state index contributed by atoms with van der Waals surface area (Å²) < 4.78 is 7.08. The number of anilines is 2. The number of aromatic nitrogens is 3. The Balaban J connectivity index is 1.45. The smallest absolute Gasteiger partial charge is 0.319 e. The molecule has 0 radical (unpaired) electrons. The summed E-state index contributed by atoms with van der Waals surface area (Å²) in [6.07, 6.45) is 5.19. The lowest BCUT2D eigenvalue weighted by atomic mass is 10.2. The van der Waals surface area contributed by atoms with Gasteiger partial charge in [-0.25, -0.2) is 14.5 Å². The van der Waals surface area contributed by atoms with Crippen molar-refractivity contribution in [3.05, 3.63) is 65.6 Å². The Hall–Kier alpha value is -3.10. The summed E-state index contributed by atoms with van der Waals surface area (Å²) in [7, 11) is 0. The minimum Gasteiger partial charge on any atom is -0.378 e. The van der Waals surface area contributed by atoms with Gasteiger partial charge in [0.2, 0.25) is 0 Å². The van der Waals surface area contributed by atoms with Crippen molar-refractivity contribution in [1.29, 1.82) is 0 Å². The van der Waals surface area contributed by atoms with E-state index in [0.29, 0.717) is 36.3 Å². The molecule has 2 N–H and O–H groups in total. The van der Waals surface area contributed by atoms with Gasteiger partial charge in [-0.1, -0.05) is 17.7 Å². The van der Waals surface area contributed by atoms with Crippen LogP contribution in [0.15, 0.2) is 55.0 Å². The van der Waals surface area contributed by atoms with Crippen molar-refractivity contribution in [2.24, 2.45) is 0 Å². The van der Waals surface area contributed by atoms with Crippen molar-refractivity contribution in [2.45, 2.75) is 6.54 Å². The largest absolute Gasteiger partial charge is 0.378 e. The first-order valence-corrected chi connectivity index (χ1v) is 9.69. The van der Waals surface area contributed by atoms with Gasteiger partial charge in [-0.2, -0.15) is 5.10 Å². The van der Waals surface area contributed by atoms with Crippen LogP contribution in [0.1, 0.15) is 5.56 Å². The highest BCUT2D eigenvalue weighted by atomic mass is 35.5. The molecule has 29 heavy (non-hydrogen) atoms. The van der Waals surface area contributed by atoms with Gasteiger partial charge in [-0.3, -0.25) is 0 Å². The Kier molecular flexibility index (Phi) is 5.92. The third kappa shape index (κ3) is 4.67. The van der Waals surface area contributed by atoms with Gasteiger partial charge in [0.1, 0.15) is 0 Å². The number of hydrogen-bond donors (Lipinski definition) is 2. The lowest BCUT2D eigenvalue weighted by Crippen LogP contribution is -2.37. The van der Waals surface area contributed by atoms with E-state index < -0.39 is 0 Å². The van der Waals surface area contributed by atoms with Crippen molar-refractivity contribution >= 4 is 29.0 Å². The zero-order valence-corrected chi connectivity index (χ0v) is 16.5. The number of benzene rings is 1. The molecule has 2 amide bonds. The summed E-state index contributed by atoms with van der Waals surface area (Å²) in [4.78, 5) is 19.1. The first kappa shape index (κ1) is 19.2. The van der Waals surface area contributed by atoms with Crippen LogP contribution in [-0.2, 0) is 11.3 Å². The van der Waals surface area contributed by atoms with E-state index in [2.05, 4.69) is 25.6 Å². The summed E-state index contributed by atoms with van der Waals surface area (Å²) in [6, 6.07) is 10.7. The highest BCUT2D eigenvalue weighted by Crippen LogP contribution is 2.29. The van der Waals surface area contributed by atoms with Crippen LogP contribution in [0.25, 0.3) is 5.82 Å². The number of urea groups is 1. The van der Waals surface area contributed by atoms with Gasteiger partial charge in [0.05, 0.1) is 24.6 Å². The standard InChI is InChI=1S/C20H21ClN6O2/c21-16-4-5-18(26-9-11-29-12-10-26)17(13-16)25-20(28)23-14-15-3-1-6-22-19(15)27-8-2-7-24-27/h1-8,13H,9-12,14H2,(H2,23,25,28). The molecule has 8 nitrogen and oxygen atoms in total. The van der Waals surface area contributed by atoms with Gasteiger partial charge in [-0.15, -0.1) is 0 Å². The summed E-state index contributed by atoms with van der Waals surface area (Å²) in [5.41, 5.74) is 2.44. The zero-order chi connectivity index (χ0) is 20.1. The average molecular weight is 413 g/mol. The first-order chi connectivity index (χ1) is 14.2. The predicted molar refractivity (Wildman–Crippen MR) is 112 cm³/mol. The molecule has 9 heteroatoms. The molecule has 0 bridgehead atoms. The van der Waals surface area contributed by atoms with Crippen molar-refractivity contribution in [3.8, 4) is 5.82 Å². The lowest BCUT2D eigenvalue weighted by molar-refractivity contribution is 0.123. The molecule has 0 atom stereocenters. The Labute approximate surface area is 173 Å². The molecule has 0 saturated carbocycles. The van der Waals surface area contributed by atoms with Crippen LogP contribution in [0.3, 0.4) is 0 Å². The predicted octanol–water partition coefficient (Wildman–Crippen LogP) is 3.08. The van der Waals surface area contributed by atoms with Crippen LogP contribution in [0.4, 0.5) is 16.2 Å². The molecular weight excluding hydrogens is 392 g/mol. The van der Waals surface area contributed by atoms with E-state index in [1.165, 1.54) is 0 Å². The number of pyridine rings is 1. The van der Waals surface area contributed by atoms with Crippen LogP contribution in [0, 0.1) is 0 Å². The fourth-order valence-electron chi connectivity index (χ4n) is 3.20. The Morgan fingerprint density at radius 2 is 2.03 bits per heavy atom. The molecule has 3 heterocycles. The fourth-order valence-corrected chi connectivity index (χ4v) is 3.37. The van der Waals surface area contributed by atoms with Crippen molar-refractivity contribution in [3.63, 3.8) is 0 Å². The van der Waals surface area contributed by atoms with Crippen molar-refractivity contribution < 1.29 is 9.53 Å². The van der Waals surface area contributed by atoms with Gasteiger partial charge in [0.15, 0.2) is 5.82 Å². The molecule has 0 spiro atoms. The third-order valence-electron chi connectivity index (χ3n) is 4.59. The number of rotatable bonds is 5. The number of nitrogens with zero attached hydrogens (tertiary/aromatic N) is 4. The molecule has 0 unspecified atom stereocenters. The van der Waals surface area contributed by atoms with E-state index in [1.807, 2.05) is 36.5 Å². The van der Waals surface area contributed by atoms with Gasteiger partial charge < -0.3 is 20.3 Å². The normalized spacial score (nSPS) is 13.9. The monoisotopic (exact) mass is 412 g/mol. The second-order valence-corrected chi connectivity index (χ2v) is 6.94. The average Bonchev–Trinajstić information content (AvgIpc) is 3.28. The Morgan fingerprint density at radius 1 is 1.17 bits per heavy atom. The molecule has 150 valence electrons. The molecule has 1 aliphatic rings. The number of carbonyl (C=O) groups excluding carboxylic acids is 1. The second kappa shape index (κ2) is 8.93. The van der Waals surface area contributed by atoms with Crippen molar-refractivity contribution in [1.82, 2.24) is 20.1 Å². The first-order valence-electron chi connectivity index (χ1n) is 9.32. The van der Waals surface area contributed by atoms with Gasteiger partial charge in [-0.05, 0) is 30.3 Å². The number of carbonyl (C=O) groups is 1. The summed E-state index contributed by atoms with van der Waals surface area (Å²) >= 11 is 6.16. The quantitative estimate of drug-likeness (QED) is 0.672. The molecule has 0 aliphatic carbocycles. The maximum Gasteiger partial charge on any atom is 0.319 e. The summed E-state index contributed by atoms with van der Waals surface area (Å²) in [6.45, 7) is 3.15. The number of morpholine rings is 1. The maximum atomic E-state index is 12.6. The zero-order valence-electron chi connectivity index (χ0n) is 15.7. The van der Waals surface area contributed by atoms with Gasteiger partial charge in [0.25, 0.3) is 0 Å². The van der Waals surface area contributed by atoms with E-state index in [9.17, 15) is 4.79 Å². The third-order valence-corrected chi connectivity index (χ3v) is 4.82. The van der Waals surface area contributed by atoms with Crippen LogP contribution < -0.4 is 15.5 Å². The second-order valence-electron chi connectivity index (χ2n) is 6.51. The summed E-state index contributed by atoms with van der Waals surface area (Å²) in [5.74, 6) is 0.676. The lowest BCUT2D eigenvalue weighted by Gasteiger charge is -2.30. The van der Waals surface area contributed by atoms with E-state index in [0.717, 1.165) is 24.3 Å². The number of hydrogen-bond acceptors (Lipinski definition) is 5. The summed E-state index contributed by atoms with van der Waals surface area (Å²) in [5, 5.41) is 10.6. The van der Waals surface area contributed by atoms with Crippen LogP contribution in [0.5, 0.6) is 0 Å². The Bertz CT molecular complexity index is 973. The van der Waals surface area contributed by atoms with Crippen molar-refractivity contribution in [2.75, 3.05) is 36.5 Å². The number of nitrogens with one attached hydrogen (secondary N) is 2. The number of ether oxygens (including phenoxy) is 1. The van der Waals surface area contributed by atoms with Crippen LogP contribution >= 0.6 is 11.6 Å². The van der Waals surface area contributed by atoms with E-state index in [4.69, 9.17) is 16.3 Å².